The van der Waals surface area contributed by atoms with Gasteiger partial charge in [0.25, 0.3) is 0 Å². The van der Waals surface area contributed by atoms with Crippen LogP contribution in [0.5, 0.6) is 0 Å². The lowest BCUT2D eigenvalue weighted by atomic mass is 10.1. The zero-order valence-electron chi connectivity index (χ0n) is 13.3. The van der Waals surface area contributed by atoms with E-state index in [0.29, 0.717) is 0 Å². The summed E-state index contributed by atoms with van der Waals surface area (Å²) in [5.74, 6) is 0. The fraction of sp³-hybridized carbons (Fsp3) is 0.100. The molecule has 118 valence electrons. The lowest BCUT2D eigenvalue weighted by Gasteiger charge is -1.98. The minimum atomic E-state index is 1.37. The predicted octanol–water partition coefficient (Wildman–Crippen LogP) is 8.19. The molecule has 5 aromatic rings. The molecule has 0 fully saturated rings. The normalized spacial score (nSPS) is 11.8. The van der Waals surface area contributed by atoms with Crippen LogP contribution in [0.3, 0.4) is 0 Å². The molecule has 0 atom stereocenters. The minimum absolute atomic E-state index is 1.37. The van der Waals surface area contributed by atoms with Gasteiger partial charge in [-0.05, 0) is 41.8 Å². The first-order chi connectivity index (χ1) is 11.7. The summed E-state index contributed by atoms with van der Waals surface area (Å²) in [6, 6.07) is 13.2. The first-order valence-electron chi connectivity index (χ1n) is 7.77. The fourth-order valence-corrected chi connectivity index (χ4v) is 8.17. The van der Waals surface area contributed by atoms with Crippen LogP contribution in [-0.4, -0.2) is 0 Å². The highest BCUT2D eigenvalue weighted by Gasteiger charge is 2.20. The highest BCUT2D eigenvalue weighted by Crippen LogP contribution is 2.50. The summed E-state index contributed by atoms with van der Waals surface area (Å²) in [5.41, 5.74) is 2.85. The van der Waals surface area contributed by atoms with Gasteiger partial charge in [-0.15, -0.1) is 45.3 Å². The van der Waals surface area contributed by atoms with Gasteiger partial charge in [0.05, 0.1) is 13.8 Å². The van der Waals surface area contributed by atoms with Gasteiger partial charge in [-0.1, -0.05) is 30.3 Å². The standard InChI is InChI=1S/C20H14S4/c1-11-10-22-20-16(11)12(2)17(24-20)19-14-7-4-3-6-13(14)18(23-19)15-8-5-9-21-15/h3-10H,1-2H3. The Morgan fingerprint density at radius 2 is 1.54 bits per heavy atom. The third-order valence-corrected chi connectivity index (χ3v) is 9.37. The van der Waals surface area contributed by atoms with E-state index < -0.39 is 0 Å². The first-order valence-corrected chi connectivity index (χ1v) is 11.2. The monoisotopic (exact) mass is 382 g/mol. The third kappa shape index (κ3) is 2.07. The van der Waals surface area contributed by atoms with E-state index in [2.05, 4.69) is 61.0 Å². The Kier molecular flexibility index (Phi) is 3.42. The van der Waals surface area contributed by atoms with Crippen molar-refractivity contribution in [1.82, 2.24) is 0 Å². The first kappa shape index (κ1) is 14.8. The zero-order chi connectivity index (χ0) is 16.3. The van der Waals surface area contributed by atoms with Crippen molar-refractivity contribution in [3.8, 4) is 19.5 Å². The molecule has 0 aliphatic carbocycles. The molecule has 4 heterocycles. The van der Waals surface area contributed by atoms with Gasteiger partial charge in [0, 0.05) is 25.9 Å². The van der Waals surface area contributed by atoms with Gasteiger partial charge in [0.15, 0.2) is 0 Å². The summed E-state index contributed by atoms with van der Waals surface area (Å²) in [5, 5.41) is 8.68. The van der Waals surface area contributed by atoms with Gasteiger partial charge in [-0.3, -0.25) is 0 Å². The van der Waals surface area contributed by atoms with E-state index in [-0.39, 0.29) is 0 Å². The molecular formula is C20H14S4. The van der Waals surface area contributed by atoms with E-state index in [1.165, 1.54) is 50.8 Å². The molecule has 0 radical (unpaired) electrons. The Morgan fingerprint density at radius 1 is 0.750 bits per heavy atom. The van der Waals surface area contributed by atoms with Crippen LogP contribution in [0.1, 0.15) is 11.1 Å². The smallest absolute Gasteiger partial charge is 0.0877 e. The lowest BCUT2D eigenvalue weighted by molar-refractivity contribution is 1.54. The molecule has 5 rings (SSSR count). The van der Waals surface area contributed by atoms with Crippen LogP contribution in [0, 0.1) is 13.8 Å². The number of thiophene rings is 4. The van der Waals surface area contributed by atoms with E-state index in [1.54, 1.807) is 0 Å². The average molecular weight is 383 g/mol. The summed E-state index contributed by atoms with van der Waals surface area (Å²) >= 11 is 7.61. The number of benzene rings is 1. The van der Waals surface area contributed by atoms with Crippen LogP contribution in [0.15, 0.2) is 47.2 Å². The van der Waals surface area contributed by atoms with Crippen molar-refractivity contribution >= 4 is 65.5 Å². The maximum Gasteiger partial charge on any atom is 0.0877 e. The van der Waals surface area contributed by atoms with Gasteiger partial charge in [-0.2, -0.15) is 0 Å². The quantitative estimate of drug-likeness (QED) is 0.289. The Labute approximate surface area is 156 Å². The van der Waals surface area contributed by atoms with Crippen molar-refractivity contribution in [3.05, 3.63) is 58.3 Å². The van der Waals surface area contributed by atoms with Crippen LogP contribution in [0.25, 0.3) is 39.7 Å². The second-order valence-electron chi connectivity index (χ2n) is 5.92. The highest BCUT2D eigenvalue weighted by atomic mass is 32.2. The fourth-order valence-electron chi connectivity index (χ4n) is 3.29. The number of aryl methyl sites for hydroxylation is 2. The number of rotatable bonds is 2. The van der Waals surface area contributed by atoms with Crippen LogP contribution in [0.2, 0.25) is 0 Å². The number of hydrogen-bond donors (Lipinski definition) is 0. The Bertz CT molecular complexity index is 1170. The van der Waals surface area contributed by atoms with Crippen LogP contribution >= 0.6 is 45.3 Å². The van der Waals surface area contributed by atoms with Crippen molar-refractivity contribution < 1.29 is 0 Å². The molecule has 24 heavy (non-hydrogen) atoms. The maximum absolute atomic E-state index is 2.28. The minimum Gasteiger partial charge on any atom is -0.143 e. The van der Waals surface area contributed by atoms with Gasteiger partial charge in [0.1, 0.15) is 0 Å². The Morgan fingerprint density at radius 3 is 2.25 bits per heavy atom. The van der Waals surface area contributed by atoms with E-state index in [9.17, 15) is 0 Å². The second-order valence-corrected chi connectivity index (χ2v) is 10.0. The predicted molar refractivity (Wildman–Crippen MR) is 113 cm³/mol. The van der Waals surface area contributed by atoms with E-state index in [1.807, 2.05) is 45.3 Å². The largest absolute Gasteiger partial charge is 0.143 e. The molecule has 4 aromatic heterocycles. The van der Waals surface area contributed by atoms with Crippen LogP contribution in [-0.2, 0) is 0 Å². The van der Waals surface area contributed by atoms with Gasteiger partial charge in [0.2, 0.25) is 0 Å². The molecule has 0 bridgehead atoms. The lowest BCUT2D eigenvalue weighted by Crippen LogP contribution is -1.74. The molecule has 0 saturated carbocycles. The second kappa shape index (κ2) is 5.53. The van der Waals surface area contributed by atoms with Crippen LogP contribution < -0.4 is 0 Å². The molecule has 0 saturated heterocycles. The van der Waals surface area contributed by atoms with E-state index in [0.717, 1.165) is 0 Å². The summed E-state index contributed by atoms with van der Waals surface area (Å²) < 4.78 is 1.45. The summed E-state index contributed by atoms with van der Waals surface area (Å²) in [6.07, 6.45) is 0. The van der Waals surface area contributed by atoms with Crippen molar-refractivity contribution in [2.75, 3.05) is 0 Å². The molecule has 0 amide bonds. The molecule has 0 aliphatic rings. The Balaban J connectivity index is 1.85. The summed E-state index contributed by atoms with van der Waals surface area (Å²) in [7, 11) is 0. The molecule has 0 unspecified atom stereocenters. The third-order valence-electron chi connectivity index (χ3n) is 4.42. The molecule has 0 spiro atoms. The van der Waals surface area contributed by atoms with E-state index in [4.69, 9.17) is 0 Å². The molecule has 0 N–H and O–H groups in total. The summed E-state index contributed by atoms with van der Waals surface area (Å²) in [6.45, 7) is 4.51. The number of hydrogen-bond acceptors (Lipinski definition) is 4. The number of fused-ring (bicyclic) bond motifs is 2. The van der Waals surface area contributed by atoms with Crippen molar-refractivity contribution in [1.29, 1.82) is 0 Å². The molecule has 0 aliphatic heterocycles. The van der Waals surface area contributed by atoms with Crippen molar-refractivity contribution in [2.24, 2.45) is 0 Å². The van der Waals surface area contributed by atoms with Gasteiger partial charge >= 0.3 is 0 Å². The molecule has 1 aromatic carbocycles. The Hall–Kier alpha value is -1.46. The summed E-state index contributed by atoms with van der Waals surface area (Å²) in [4.78, 5) is 5.65. The topological polar surface area (TPSA) is 0 Å². The van der Waals surface area contributed by atoms with Crippen molar-refractivity contribution in [3.63, 3.8) is 0 Å². The zero-order valence-corrected chi connectivity index (χ0v) is 16.5. The van der Waals surface area contributed by atoms with Gasteiger partial charge in [-0.25, -0.2) is 0 Å². The molecule has 4 heteroatoms. The van der Waals surface area contributed by atoms with Gasteiger partial charge < -0.3 is 0 Å². The molecular weight excluding hydrogens is 368 g/mol. The van der Waals surface area contributed by atoms with Crippen LogP contribution in [0.4, 0.5) is 0 Å². The highest BCUT2D eigenvalue weighted by molar-refractivity contribution is 7.40. The SMILES string of the molecule is Cc1csc2sc(-c3sc(-c4cccs4)c4ccccc34)c(C)c12. The van der Waals surface area contributed by atoms with Crippen molar-refractivity contribution in [2.45, 2.75) is 13.8 Å². The molecule has 0 nitrogen and oxygen atoms in total. The maximum atomic E-state index is 2.28. The average Bonchev–Trinajstić information content (AvgIpc) is 3.34. The van der Waals surface area contributed by atoms with E-state index >= 15 is 0 Å².